The number of ether oxygens (including phenoxy) is 3. The molecule has 1 aromatic heterocycles. The number of rotatable bonds is 9. The second-order valence-corrected chi connectivity index (χ2v) is 10.3. The third kappa shape index (κ3) is 5.18. The Morgan fingerprint density at radius 1 is 0.789 bits per heavy atom. The van der Waals surface area contributed by atoms with Gasteiger partial charge in [-0.15, -0.1) is 0 Å². The lowest BCUT2D eigenvalue weighted by Crippen LogP contribution is -2.36. The van der Waals surface area contributed by atoms with Gasteiger partial charge in [0.25, 0.3) is 0 Å². The maximum absolute atomic E-state index is 6.70. The molecule has 0 spiro atoms. The third-order valence-corrected chi connectivity index (χ3v) is 7.17. The van der Waals surface area contributed by atoms with E-state index in [1.165, 1.54) is 21.8 Å². The lowest BCUT2D eigenvalue weighted by atomic mass is 10.2. The molecule has 1 fully saturated rings. The number of anilines is 2. The quantitative estimate of drug-likeness (QED) is 0.212. The number of para-hydroxylation sites is 4. The number of aromatic nitrogens is 1. The Balaban J connectivity index is 1.36. The maximum atomic E-state index is 6.70. The summed E-state index contributed by atoms with van der Waals surface area (Å²) in [5, 5.41) is 2.53. The van der Waals surface area contributed by atoms with E-state index in [4.69, 9.17) is 14.2 Å². The van der Waals surface area contributed by atoms with Crippen molar-refractivity contribution >= 4 is 33.2 Å². The van der Waals surface area contributed by atoms with Crippen molar-refractivity contribution in [2.24, 2.45) is 0 Å². The van der Waals surface area contributed by atoms with E-state index in [9.17, 15) is 0 Å². The Kier molecular flexibility index (Phi) is 6.90. The van der Waals surface area contributed by atoms with Gasteiger partial charge in [0.1, 0.15) is 6.10 Å². The van der Waals surface area contributed by atoms with Crippen molar-refractivity contribution in [3.8, 4) is 0 Å². The lowest BCUT2D eigenvalue weighted by Gasteiger charge is -2.31. The van der Waals surface area contributed by atoms with Gasteiger partial charge >= 0.3 is 0 Å². The van der Waals surface area contributed by atoms with Crippen LogP contribution in [0, 0.1) is 0 Å². The molecule has 4 aromatic carbocycles. The summed E-state index contributed by atoms with van der Waals surface area (Å²) in [6.45, 7) is 6.32. The molecule has 6 rings (SSSR count). The summed E-state index contributed by atoms with van der Waals surface area (Å²) < 4.78 is 21.0. The summed E-state index contributed by atoms with van der Waals surface area (Å²) in [6.07, 6.45) is -0.200. The van der Waals surface area contributed by atoms with Crippen molar-refractivity contribution in [2.75, 3.05) is 24.7 Å². The molecule has 5 heteroatoms. The predicted octanol–water partition coefficient (Wildman–Crippen LogP) is 7.17. The lowest BCUT2D eigenvalue weighted by molar-refractivity contribution is -0.147. The molecule has 2 heterocycles. The average Bonchev–Trinajstić information content (AvgIpc) is 3.47. The monoisotopic (exact) mass is 506 g/mol. The molecule has 194 valence electrons. The van der Waals surface area contributed by atoms with Gasteiger partial charge in [-0.3, -0.25) is 0 Å². The molecule has 0 N–H and O–H groups in total. The van der Waals surface area contributed by atoms with E-state index >= 15 is 0 Å². The fourth-order valence-corrected chi connectivity index (χ4v) is 5.43. The summed E-state index contributed by atoms with van der Waals surface area (Å²) in [5.41, 5.74) is 4.71. The largest absolute Gasteiger partial charge is 0.372 e. The van der Waals surface area contributed by atoms with Crippen molar-refractivity contribution in [1.29, 1.82) is 0 Å². The van der Waals surface area contributed by atoms with Crippen LogP contribution < -0.4 is 4.90 Å². The number of fused-ring (bicyclic) bond motifs is 3. The van der Waals surface area contributed by atoms with Crippen molar-refractivity contribution in [3.63, 3.8) is 0 Å². The average molecular weight is 507 g/mol. The molecule has 5 nitrogen and oxygen atoms in total. The zero-order valence-corrected chi connectivity index (χ0v) is 22.0. The molecule has 0 amide bonds. The minimum Gasteiger partial charge on any atom is -0.372 e. The molecule has 0 unspecified atom stereocenters. The van der Waals surface area contributed by atoms with E-state index in [-0.39, 0.29) is 12.2 Å². The molecule has 1 aliphatic rings. The van der Waals surface area contributed by atoms with Gasteiger partial charge in [0.2, 0.25) is 0 Å². The Labute approximate surface area is 224 Å². The number of benzene rings is 4. The van der Waals surface area contributed by atoms with Crippen molar-refractivity contribution in [1.82, 2.24) is 4.57 Å². The molecular weight excluding hydrogens is 472 g/mol. The fourth-order valence-electron chi connectivity index (χ4n) is 5.43. The first kappa shape index (κ1) is 24.7. The van der Waals surface area contributed by atoms with Gasteiger partial charge in [-0.05, 0) is 50.2 Å². The van der Waals surface area contributed by atoms with E-state index < -0.39 is 5.79 Å². The molecule has 1 aliphatic heterocycles. The first-order valence-corrected chi connectivity index (χ1v) is 13.3. The normalized spacial score (nSPS) is 17.7. The minimum atomic E-state index is -0.573. The van der Waals surface area contributed by atoms with Crippen LogP contribution in [0.3, 0.4) is 0 Å². The number of hydrogen-bond donors (Lipinski definition) is 0. The van der Waals surface area contributed by atoms with E-state index in [1.807, 2.05) is 13.8 Å². The van der Waals surface area contributed by atoms with Crippen molar-refractivity contribution < 1.29 is 14.2 Å². The van der Waals surface area contributed by atoms with E-state index in [1.54, 1.807) is 0 Å². The van der Waals surface area contributed by atoms with Crippen molar-refractivity contribution in [2.45, 2.75) is 38.4 Å². The highest BCUT2D eigenvalue weighted by molar-refractivity contribution is 6.07. The molecule has 38 heavy (non-hydrogen) atoms. The van der Waals surface area contributed by atoms with Crippen LogP contribution in [-0.2, 0) is 20.8 Å². The van der Waals surface area contributed by atoms with E-state index in [2.05, 4.69) is 119 Å². The fraction of sp³-hybridized carbons (Fsp3) is 0.273. The standard InChI is InChI=1S/C33H34N2O3/c1-33(2)37-24-28(38-33)23-36-27(21-34(25-13-5-3-6-14-25)26-15-7-4-8-16-26)22-35-31-19-11-9-17-29(31)30-18-10-12-20-32(30)35/h3-20,27-28H,21-24H2,1-2H3/t27-,28+/m1/s1. The van der Waals surface area contributed by atoms with Crippen LogP contribution in [0.15, 0.2) is 109 Å². The second kappa shape index (κ2) is 10.6. The molecule has 0 saturated carbocycles. The highest BCUT2D eigenvalue weighted by atomic mass is 16.7. The zero-order valence-electron chi connectivity index (χ0n) is 22.0. The number of hydrogen-bond acceptors (Lipinski definition) is 4. The minimum absolute atomic E-state index is 0.0902. The molecule has 5 aromatic rings. The highest BCUT2D eigenvalue weighted by Gasteiger charge is 2.33. The molecule has 0 aliphatic carbocycles. The Hall–Kier alpha value is -3.64. The van der Waals surface area contributed by atoms with Crippen LogP contribution in [0.4, 0.5) is 11.4 Å². The predicted molar refractivity (Wildman–Crippen MR) is 154 cm³/mol. The summed E-state index contributed by atoms with van der Waals surface area (Å²) >= 11 is 0. The van der Waals surface area contributed by atoms with Gasteiger partial charge in [0.15, 0.2) is 5.79 Å². The second-order valence-electron chi connectivity index (χ2n) is 10.3. The molecule has 0 radical (unpaired) electrons. The summed E-state index contributed by atoms with van der Waals surface area (Å²) in [6, 6.07) is 38.3. The molecular formula is C33H34N2O3. The SMILES string of the molecule is CC1(C)OC[C@H](CO[C@H](CN(c2ccccc2)c2ccccc2)Cn2c3ccccc3c3ccccc32)O1. The third-order valence-electron chi connectivity index (χ3n) is 7.17. The van der Waals surface area contributed by atoms with Crippen LogP contribution in [0.5, 0.6) is 0 Å². The van der Waals surface area contributed by atoms with Crippen LogP contribution in [0.25, 0.3) is 21.8 Å². The van der Waals surface area contributed by atoms with E-state index in [0.29, 0.717) is 26.3 Å². The maximum Gasteiger partial charge on any atom is 0.163 e. The highest BCUT2D eigenvalue weighted by Crippen LogP contribution is 2.31. The van der Waals surface area contributed by atoms with Crippen LogP contribution in [-0.4, -0.2) is 42.3 Å². The smallest absolute Gasteiger partial charge is 0.163 e. The van der Waals surface area contributed by atoms with Gasteiger partial charge < -0.3 is 23.7 Å². The van der Waals surface area contributed by atoms with Gasteiger partial charge in [-0.1, -0.05) is 72.8 Å². The Morgan fingerprint density at radius 3 is 1.84 bits per heavy atom. The number of nitrogens with zero attached hydrogens (tertiary/aromatic N) is 2. The summed E-state index contributed by atoms with van der Waals surface area (Å²) in [7, 11) is 0. The van der Waals surface area contributed by atoms with Gasteiger partial charge in [-0.25, -0.2) is 0 Å². The molecule has 0 bridgehead atoms. The molecule has 1 saturated heterocycles. The molecule has 2 atom stereocenters. The van der Waals surface area contributed by atoms with Crippen LogP contribution in [0.1, 0.15) is 13.8 Å². The first-order chi connectivity index (χ1) is 18.6. The van der Waals surface area contributed by atoms with Gasteiger partial charge in [0, 0.05) is 33.2 Å². The first-order valence-electron chi connectivity index (χ1n) is 13.3. The van der Waals surface area contributed by atoms with Gasteiger partial charge in [-0.2, -0.15) is 0 Å². The zero-order chi connectivity index (χ0) is 26.0. The Morgan fingerprint density at radius 2 is 1.32 bits per heavy atom. The van der Waals surface area contributed by atoms with Crippen molar-refractivity contribution in [3.05, 3.63) is 109 Å². The summed E-state index contributed by atoms with van der Waals surface area (Å²) in [4.78, 5) is 2.34. The van der Waals surface area contributed by atoms with Crippen LogP contribution in [0.2, 0.25) is 0 Å². The van der Waals surface area contributed by atoms with E-state index in [0.717, 1.165) is 11.4 Å². The van der Waals surface area contributed by atoms with Gasteiger partial charge in [0.05, 0.1) is 32.4 Å². The summed E-state index contributed by atoms with van der Waals surface area (Å²) in [5.74, 6) is -0.573. The Bertz CT molecular complexity index is 1400. The topological polar surface area (TPSA) is 35.9 Å². The van der Waals surface area contributed by atoms with Crippen LogP contribution >= 0.6 is 0 Å².